The first-order chi connectivity index (χ1) is 15.3. The molecule has 2 aromatic carbocycles. The molecule has 0 saturated carbocycles. The van der Waals surface area contributed by atoms with E-state index in [0.29, 0.717) is 27.8 Å². The monoisotopic (exact) mass is 451 g/mol. The largest absolute Gasteiger partial charge is 0.507 e. The lowest BCUT2D eigenvalue weighted by Gasteiger charge is -2.23. The van der Waals surface area contributed by atoms with Crippen molar-refractivity contribution in [3.8, 4) is 5.75 Å². The average molecular weight is 452 g/mol. The normalized spacial score (nSPS) is 17.9. The summed E-state index contributed by atoms with van der Waals surface area (Å²) in [4.78, 5) is 27.5. The molecule has 1 atom stereocenters. The van der Waals surface area contributed by atoms with Crippen molar-refractivity contribution in [1.82, 2.24) is 0 Å². The van der Waals surface area contributed by atoms with Gasteiger partial charge in [0.1, 0.15) is 23.3 Å². The van der Waals surface area contributed by atoms with Crippen molar-refractivity contribution in [3.05, 3.63) is 88.3 Å². The van der Waals surface area contributed by atoms with E-state index in [2.05, 4.69) is 0 Å². The fraction of sp³-hybridized carbons (Fsp3) is 0.200. The van der Waals surface area contributed by atoms with Crippen LogP contribution in [-0.2, 0) is 9.59 Å². The first kappa shape index (κ1) is 21.7. The van der Waals surface area contributed by atoms with Gasteiger partial charge >= 0.3 is 0 Å². The second-order valence-electron chi connectivity index (χ2n) is 7.77. The molecular weight excluding hydrogens is 430 g/mol. The fourth-order valence-corrected chi connectivity index (χ4v) is 4.03. The van der Waals surface area contributed by atoms with E-state index in [-0.39, 0.29) is 17.3 Å². The summed E-state index contributed by atoms with van der Waals surface area (Å²) in [5, 5.41) is 11.7. The predicted octanol–water partition coefficient (Wildman–Crippen LogP) is 5.69. The number of anilines is 1. The molecule has 1 aliphatic rings. The summed E-state index contributed by atoms with van der Waals surface area (Å²) in [6, 6.07) is 14.1. The van der Waals surface area contributed by atoms with Gasteiger partial charge in [0.15, 0.2) is 0 Å². The minimum Gasteiger partial charge on any atom is -0.507 e. The van der Waals surface area contributed by atoms with E-state index in [1.54, 1.807) is 61.7 Å². The van der Waals surface area contributed by atoms with Gasteiger partial charge in [-0.1, -0.05) is 25.4 Å². The van der Waals surface area contributed by atoms with Crippen molar-refractivity contribution in [2.75, 3.05) is 12.0 Å². The third kappa shape index (κ3) is 3.67. The van der Waals surface area contributed by atoms with Gasteiger partial charge in [-0.15, -0.1) is 0 Å². The van der Waals surface area contributed by atoms with E-state index in [4.69, 9.17) is 20.8 Å². The zero-order valence-electron chi connectivity index (χ0n) is 17.8. The van der Waals surface area contributed by atoms with E-state index in [1.165, 1.54) is 11.2 Å². The molecule has 1 amide bonds. The molecule has 2 heterocycles. The number of methoxy groups -OCH3 is 1. The van der Waals surface area contributed by atoms with Gasteiger partial charge in [-0.25, -0.2) is 0 Å². The molecular formula is C25H22ClNO5. The quantitative estimate of drug-likeness (QED) is 0.306. The van der Waals surface area contributed by atoms with Gasteiger partial charge in [-0.3, -0.25) is 14.5 Å². The van der Waals surface area contributed by atoms with Gasteiger partial charge in [0, 0.05) is 16.3 Å². The third-order valence-electron chi connectivity index (χ3n) is 5.49. The first-order valence-corrected chi connectivity index (χ1v) is 10.5. The minimum absolute atomic E-state index is 0.0419. The van der Waals surface area contributed by atoms with Gasteiger partial charge in [-0.05, 0) is 66.1 Å². The molecule has 0 aliphatic carbocycles. The van der Waals surface area contributed by atoms with Crippen LogP contribution in [0.25, 0.3) is 5.76 Å². The number of carbonyl (C=O) groups excluding carboxylic acids is 2. The summed E-state index contributed by atoms with van der Waals surface area (Å²) in [6.45, 7) is 4.01. The molecule has 6 nitrogen and oxygen atoms in total. The number of ketones is 1. The van der Waals surface area contributed by atoms with Crippen LogP contribution in [0.15, 0.2) is 70.9 Å². The van der Waals surface area contributed by atoms with E-state index in [1.807, 2.05) is 13.8 Å². The van der Waals surface area contributed by atoms with Crippen molar-refractivity contribution in [1.29, 1.82) is 0 Å². The van der Waals surface area contributed by atoms with Crippen molar-refractivity contribution in [3.63, 3.8) is 0 Å². The Morgan fingerprint density at radius 1 is 1.12 bits per heavy atom. The van der Waals surface area contributed by atoms with Gasteiger partial charge in [0.2, 0.25) is 0 Å². The standard InChI is InChI=1S/C25H22ClNO5/c1-14(2)18-13-15(6-11-19(18)31-3)23(28)21-22(20-5-4-12-32-20)27(25(30)24(21)29)17-9-7-16(26)8-10-17/h4-14,22,28H,1-3H3/b23-21-. The van der Waals surface area contributed by atoms with Crippen molar-refractivity contribution in [2.24, 2.45) is 0 Å². The van der Waals surface area contributed by atoms with Crippen molar-refractivity contribution >= 4 is 34.7 Å². The van der Waals surface area contributed by atoms with Crippen LogP contribution < -0.4 is 9.64 Å². The summed E-state index contributed by atoms with van der Waals surface area (Å²) >= 11 is 6.00. The number of hydrogen-bond donors (Lipinski definition) is 1. The number of rotatable bonds is 5. The van der Waals surface area contributed by atoms with Crippen LogP contribution in [0.2, 0.25) is 5.02 Å². The predicted molar refractivity (Wildman–Crippen MR) is 122 cm³/mol. The maximum absolute atomic E-state index is 13.1. The molecule has 1 saturated heterocycles. The molecule has 4 rings (SSSR count). The Morgan fingerprint density at radius 2 is 1.84 bits per heavy atom. The number of aliphatic hydroxyl groups excluding tert-OH is 1. The number of aliphatic hydroxyl groups is 1. The molecule has 164 valence electrons. The van der Waals surface area contributed by atoms with E-state index in [0.717, 1.165) is 5.56 Å². The second-order valence-corrected chi connectivity index (χ2v) is 8.21. The van der Waals surface area contributed by atoms with Crippen LogP contribution >= 0.6 is 11.6 Å². The molecule has 0 bridgehead atoms. The Hall–Kier alpha value is -3.51. The first-order valence-electron chi connectivity index (χ1n) is 10.1. The molecule has 1 unspecified atom stereocenters. The van der Waals surface area contributed by atoms with Gasteiger partial charge in [0.05, 0.1) is 18.9 Å². The Kier molecular flexibility index (Phi) is 5.80. The number of nitrogens with zero attached hydrogens (tertiary/aromatic N) is 1. The Bertz CT molecular complexity index is 1200. The van der Waals surface area contributed by atoms with Gasteiger partial charge in [-0.2, -0.15) is 0 Å². The van der Waals surface area contributed by atoms with Crippen LogP contribution in [0.5, 0.6) is 5.75 Å². The number of Topliss-reactive ketones (excluding diaryl/α,β-unsaturated/α-hetero) is 1. The lowest BCUT2D eigenvalue weighted by molar-refractivity contribution is -0.132. The zero-order chi connectivity index (χ0) is 23.0. The molecule has 1 aromatic heterocycles. The van der Waals surface area contributed by atoms with Crippen LogP contribution in [-0.4, -0.2) is 23.9 Å². The highest BCUT2D eigenvalue weighted by Crippen LogP contribution is 2.43. The highest BCUT2D eigenvalue weighted by atomic mass is 35.5. The number of carbonyl (C=O) groups is 2. The Morgan fingerprint density at radius 3 is 2.44 bits per heavy atom. The lowest BCUT2D eigenvalue weighted by atomic mass is 9.95. The van der Waals surface area contributed by atoms with E-state index < -0.39 is 17.7 Å². The van der Waals surface area contributed by atoms with Gasteiger partial charge in [0.25, 0.3) is 11.7 Å². The maximum Gasteiger partial charge on any atom is 0.300 e. The van der Waals surface area contributed by atoms with Crippen molar-refractivity contribution < 1.29 is 23.8 Å². The van der Waals surface area contributed by atoms with Crippen LogP contribution in [0.1, 0.15) is 42.7 Å². The average Bonchev–Trinajstić information content (AvgIpc) is 3.40. The lowest BCUT2D eigenvalue weighted by Crippen LogP contribution is -2.29. The van der Waals surface area contributed by atoms with Crippen LogP contribution in [0.4, 0.5) is 5.69 Å². The summed E-state index contributed by atoms with van der Waals surface area (Å²) in [5.41, 5.74) is 1.72. The van der Waals surface area contributed by atoms with Gasteiger partial charge < -0.3 is 14.3 Å². The molecule has 32 heavy (non-hydrogen) atoms. The van der Waals surface area contributed by atoms with Crippen molar-refractivity contribution in [2.45, 2.75) is 25.8 Å². The maximum atomic E-state index is 13.1. The number of ether oxygens (including phenoxy) is 1. The number of amides is 1. The SMILES string of the molecule is COc1ccc(/C(O)=C2/C(=O)C(=O)N(c3ccc(Cl)cc3)C2c2ccco2)cc1C(C)C. The molecule has 3 aromatic rings. The van der Waals surface area contributed by atoms with Crippen LogP contribution in [0.3, 0.4) is 0 Å². The molecule has 7 heteroatoms. The van der Waals surface area contributed by atoms with E-state index in [9.17, 15) is 14.7 Å². The Balaban J connectivity index is 1.91. The Labute approximate surface area is 190 Å². The van der Waals surface area contributed by atoms with Crippen LogP contribution in [0, 0.1) is 0 Å². The number of furan rings is 1. The topological polar surface area (TPSA) is 80.0 Å². The third-order valence-corrected chi connectivity index (χ3v) is 5.74. The zero-order valence-corrected chi connectivity index (χ0v) is 18.6. The summed E-state index contributed by atoms with van der Waals surface area (Å²) < 4.78 is 11.0. The second kappa shape index (κ2) is 8.55. The molecule has 0 radical (unpaired) electrons. The fourth-order valence-electron chi connectivity index (χ4n) is 3.90. The number of hydrogen-bond acceptors (Lipinski definition) is 5. The summed E-state index contributed by atoms with van der Waals surface area (Å²) in [6.07, 6.45) is 1.46. The number of halogens is 1. The molecule has 1 N–H and O–H groups in total. The molecule has 1 fully saturated rings. The minimum atomic E-state index is -0.921. The molecule has 1 aliphatic heterocycles. The highest BCUT2D eigenvalue weighted by molar-refractivity contribution is 6.51. The number of benzene rings is 2. The van der Waals surface area contributed by atoms with E-state index >= 15 is 0 Å². The molecule has 0 spiro atoms. The highest BCUT2D eigenvalue weighted by Gasteiger charge is 2.48. The smallest absolute Gasteiger partial charge is 0.300 e. The summed E-state index contributed by atoms with van der Waals surface area (Å²) in [5.74, 6) is -0.659. The summed E-state index contributed by atoms with van der Waals surface area (Å²) in [7, 11) is 1.58.